The monoisotopic (exact) mass is 263 g/mol. The number of rotatable bonds is 4. The summed E-state index contributed by atoms with van der Waals surface area (Å²) in [4.78, 5) is 13.2. The van der Waals surface area contributed by atoms with Crippen molar-refractivity contribution in [2.45, 2.75) is 38.8 Å². The summed E-state index contributed by atoms with van der Waals surface area (Å²) in [7, 11) is 0. The van der Waals surface area contributed by atoms with Crippen molar-refractivity contribution in [3.8, 4) is 5.75 Å². The number of carboxylic acid groups (broad SMARTS) is 1. The maximum Gasteiger partial charge on any atom is 0.335 e. The van der Waals surface area contributed by atoms with E-state index in [0.29, 0.717) is 11.6 Å². The molecule has 0 spiro atoms. The molecule has 104 valence electrons. The Hall–Kier alpha value is -1.55. The first kappa shape index (κ1) is 13.9. The molecule has 1 aromatic carbocycles. The van der Waals surface area contributed by atoms with Crippen LogP contribution in [0, 0.1) is 0 Å². The quantitative estimate of drug-likeness (QED) is 0.907. The molecule has 0 radical (unpaired) electrons. The van der Waals surface area contributed by atoms with Gasteiger partial charge in [0.1, 0.15) is 11.9 Å². The normalized spacial score (nSPS) is 20.5. The fraction of sp³-hybridized carbons (Fsp3) is 0.533. The Morgan fingerprint density at radius 1 is 1.37 bits per heavy atom. The van der Waals surface area contributed by atoms with Crippen LogP contribution in [-0.4, -0.2) is 41.2 Å². The van der Waals surface area contributed by atoms with Gasteiger partial charge in [-0.1, -0.05) is 0 Å². The van der Waals surface area contributed by atoms with Gasteiger partial charge in [0.05, 0.1) is 5.56 Å². The van der Waals surface area contributed by atoms with Crippen LogP contribution in [0.4, 0.5) is 0 Å². The van der Waals surface area contributed by atoms with Gasteiger partial charge in [-0.2, -0.15) is 0 Å². The molecule has 1 fully saturated rings. The number of ether oxygens (including phenoxy) is 1. The average Bonchev–Trinajstić information content (AvgIpc) is 2.39. The highest BCUT2D eigenvalue weighted by molar-refractivity contribution is 5.87. The highest BCUT2D eigenvalue weighted by Crippen LogP contribution is 2.20. The second kappa shape index (κ2) is 6.06. The second-order valence-corrected chi connectivity index (χ2v) is 5.30. The fourth-order valence-corrected chi connectivity index (χ4v) is 2.40. The van der Waals surface area contributed by atoms with E-state index < -0.39 is 5.97 Å². The standard InChI is InChI=1S/C15H21NO3/c1-11(2)16-9-3-4-14(10-16)19-13-7-5-12(6-8-13)15(17)18/h5-8,11,14H,3-4,9-10H2,1-2H3,(H,17,18). The molecule has 0 aromatic heterocycles. The van der Waals surface area contributed by atoms with E-state index >= 15 is 0 Å². The van der Waals surface area contributed by atoms with Crippen LogP contribution in [-0.2, 0) is 0 Å². The largest absolute Gasteiger partial charge is 0.489 e. The minimum Gasteiger partial charge on any atom is -0.489 e. The van der Waals surface area contributed by atoms with E-state index in [1.54, 1.807) is 24.3 Å². The smallest absolute Gasteiger partial charge is 0.335 e. The number of nitrogens with zero attached hydrogens (tertiary/aromatic N) is 1. The van der Waals surface area contributed by atoms with Crippen molar-refractivity contribution in [1.29, 1.82) is 0 Å². The number of carboxylic acids is 1. The molecule has 1 atom stereocenters. The van der Waals surface area contributed by atoms with Crippen molar-refractivity contribution in [2.75, 3.05) is 13.1 Å². The lowest BCUT2D eigenvalue weighted by molar-refractivity contribution is 0.0692. The first-order valence-corrected chi connectivity index (χ1v) is 6.80. The number of carbonyl (C=O) groups is 1. The number of aromatic carboxylic acids is 1. The molecule has 0 bridgehead atoms. The Labute approximate surface area is 114 Å². The van der Waals surface area contributed by atoms with E-state index in [1.807, 2.05) is 0 Å². The summed E-state index contributed by atoms with van der Waals surface area (Å²) in [6, 6.07) is 7.18. The molecule has 4 heteroatoms. The van der Waals surface area contributed by atoms with Gasteiger partial charge in [-0.25, -0.2) is 4.79 Å². The molecule has 1 unspecified atom stereocenters. The van der Waals surface area contributed by atoms with Crippen LogP contribution >= 0.6 is 0 Å². The summed E-state index contributed by atoms with van der Waals surface area (Å²) in [5.74, 6) is -0.157. The van der Waals surface area contributed by atoms with Crippen molar-refractivity contribution < 1.29 is 14.6 Å². The zero-order valence-electron chi connectivity index (χ0n) is 11.5. The molecule has 0 saturated carbocycles. The van der Waals surface area contributed by atoms with Crippen LogP contribution in [0.5, 0.6) is 5.75 Å². The maximum absolute atomic E-state index is 10.8. The Balaban J connectivity index is 1.95. The molecule has 0 amide bonds. The van der Waals surface area contributed by atoms with E-state index in [9.17, 15) is 4.79 Å². The van der Waals surface area contributed by atoms with Gasteiger partial charge in [0.15, 0.2) is 0 Å². The summed E-state index contributed by atoms with van der Waals surface area (Å²) < 4.78 is 5.94. The molecule has 1 N–H and O–H groups in total. The van der Waals surface area contributed by atoms with Crippen LogP contribution < -0.4 is 4.74 Å². The zero-order valence-corrected chi connectivity index (χ0v) is 11.5. The van der Waals surface area contributed by atoms with Crippen molar-refractivity contribution >= 4 is 5.97 Å². The number of likely N-dealkylation sites (tertiary alicyclic amines) is 1. The Morgan fingerprint density at radius 3 is 2.63 bits per heavy atom. The number of benzene rings is 1. The van der Waals surface area contributed by atoms with Gasteiger partial charge in [0.2, 0.25) is 0 Å². The summed E-state index contributed by atoms with van der Waals surface area (Å²) in [5.41, 5.74) is 0.291. The van der Waals surface area contributed by atoms with E-state index in [-0.39, 0.29) is 6.10 Å². The van der Waals surface area contributed by atoms with Gasteiger partial charge in [0, 0.05) is 12.6 Å². The lowest BCUT2D eigenvalue weighted by Gasteiger charge is -2.35. The lowest BCUT2D eigenvalue weighted by atomic mass is 10.1. The van der Waals surface area contributed by atoms with Gasteiger partial charge < -0.3 is 9.84 Å². The van der Waals surface area contributed by atoms with E-state index in [0.717, 1.165) is 31.7 Å². The van der Waals surface area contributed by atoms with Crippen LogP contribution in [0.15, 0.2) is 24.3 Å². The van der Waals surface area contributed by atoms with Gasteiger partial charge in [-0.3, -0.25) is 4.90 Å². The Morgan fingerprint density at radius 2 is 2.05 bits per heavy atom. The molecule has 1 aromatic rings. The Bertz CT molecular complexity index is 428. The highest BCUT2D eigenvalue weighted by Gasteiger charge is 2.22. The summed E-state index contributed by atoms with van der Waals surface area (Å²) in [5, 5.41) is 8.85. The molecular weight excluding hydrogens is 242 g/mol. The SMILES string of the molecule is CC(C)N1CCCC(Oc2ccc(C(=O)O)cc2)C1. The molecule has 1 aliphatic rings. The molecule has 0 aliphatic carbocycles. The van der Waals surface area contributed by atoms with Gasteiger partial charge >= 0.3 is 5.97 Å². The highest BCUT2D eigenvalue weighted by atomic mass is 16.5. The topological polar surface area (TPSA) is 49.8 Å². The Kier molecular flexibility index (Phi) is 4.43. The van der Waals surface area contributed by atoms with Gasteiger partial charge in [-0.15, -0.1) is 0 Å². The molecule has 1 saturated heterocycles. The predicted octanol–water partition coefficient (Wildman–Crippen LogP) is 2.64. The van der Waals surface area contributed by atoms with Crippen LogP contribution in [0.1, 0.15) is 37.0 Å². The minimum atomic E-state index is -0.907. The first-order valence-electron chi connectivity index (χ1n) is 6.80. The van der Waals surface area contributed by atoms with Crippen LogP contribution in [0.2, 0.25) is 0 Å². The molecule has 1 aliphatic heterocycles. The van der Waals surface area contributed by atoms with Crippen LogP contribution in [0.25, 0.3) is 0 Å². The lowest BCUT2D eigenvalue weighted by Crippen LogP contribution is -2.44. The van der Waals surface area contributed by atoms with E-state index in [4.69, 9.17) is 9.84 Å². The molecule has 19 heavy (non-hydrogen) atoms. The van der Waals surface area contributed by atoms with E-state index in [2.05, 4.69) is 18.7 Å². The van der Waals surface area contributed by atoms with Crippen molar-refractivity contribution in [3.63, 3.8) is 0 Å². The van der Waals surface area contributed by atoms with Gasteiger partial charge in [-0.05, 0) is 57.5 Å². The van der Waals surface area contributed by atoms with Crippen molar-refractivity contribution in [1.82, 2.24) is 4.90 Å². The fourth-order valence-electron chi connectivity index (χ4n) is 2.40. The van der Waals surface area contributed by atoms with Crippen molar-refractivity contribution in [2.24, 2.45) is 0 Å². The molecule has 4 nitrogen and oxygen atoms in total. The third-order valence-electron chi connectivity index (χ3n) is 3.54. The maximum atomic E-state index is 10.8. The minimum absolute atomic E-state index is 0.201. The summed E-state index contributed by atoms with van der Waals surface area (Å²) >= 11 is 0. The molecule has 2 rings (SSSR count). The molecule has 1 heterocycles. The first-order chi connectivity index (χ1) is 9.06. The van der Waals surface area contributed by atoms with Crippen LogP contribution in [0.3, 0.4) is 0 Å². The molecular formula is C15H21NO3. The number of hydrogen-bond acceptors (Lipinski definition) is 3. The average molecular weight is 263 g/mol. The van der Waals surface area contributed by atoms with Crippen molar-refractivity contribution in [3.05, 3.63) is 29.8 Å². The predicted molar refractivity (Wildman–Crippen MR) is 73.8 cm³/mol. The third-order valence-corrected chi connectivity index (χ3v) is 3.54. The van der Waals surface area contributed by atoms with E-state index in [1.165, 1.54) is 0 Å². The summed E-state index contributed by atoms with van der Waals surface area (Å²) in [6.07, 6.45) is 2.41. The summed E-state index contributed by atoms with van der Waals surface area (Å²) in [6.45, 7) is 6.47. The van der Waals surface area contributed by atoms with Gasteiger partial charge in [0.25, 0.3) is 0 Å². The number of hydrogen-bond donors (Lipinski definition) is 1. The zero-order chi connectivity index (χ0) is 13.8. The number of piperidine rings is 1. The second-order valence-electron chi connectivity index (χ2n) is 5.30. The third kappa shape index (κ3) is 3.70.